The maximum atomic E-state index is 10.7. The van der Waals surface area contributed by atoms with Gasteiger partial charge >= 0.3 is 11.8 Å². The lowest BCUT2D eigenvalue weighted by Crippen LogP contribution is -2.08. The zero-order chi connectivity index (χ0) is 14.7. The number of aromatic carboxylic acids is 1. The van der Waals surface area contributed by atoms with E-state index in [1.54, 1.807) is 6.92 Å². The fourth-order valence-electron chi connectivity index (χ4n) is 1.54. The van der Waals surface area contributed by atoms with Crippen LogP contribution in [0.1, 0.15) is 16.1 Å². The van der Waals surface area contributed by atoms with Crippen molar-refractivity contribution in [3.05, 3.63) is 51.7 Å². The van der Waals surface area contributed by atoms with Crippen LogP contribution in [-0.4, -0.2) is 25.8 Å². The van der Waals surface area contributed by atoms with Crippen LogP contribution in [-0.2, 0) is 6.73 Å². The lowest BCUT2D eigenvalue weighted by molar-refractivity contribution is -0.389. The zero-order valence-electron chi connectivity index (χ0n) is 10.5. The predicted octanol–water partition coefficient (Wildman–Crippen LogP) is 1.83. The van der Waals surface area contributed by atoms with Gasteiger partial charge in [-0.15, -0.1) is 4.68 Å². The van der Waals surface area contributed by atoms with E-state index in [9.17, 15) is 14.9 Å². The summed E-state index contributed by atoms with van der Waals surface area (Å²) in [5, 5.41) is 23.1. The smallest absolute Gasteiger partial charge is 0.390 e. The molecule has 0 aliphatic carbocycles. The van der Waals surface area contributed by atoms with E-state index in [2.05, 4.69) is 5.10 Å². The maximum Gasteiger partial charge on any atom is 0.390 e. The summed E-state index contributed by atoms with van der Waals surface area (Å²) in [6, 6.07) is 7.19. The second-order valence-electron chi connectivity index (χ2n) is 4.00. The van der Waals surface area contributed by atoms with Gasteiger partial charge in [-0.2, -0.15) is 0 Å². The van der Waals surface area contributed by atoms with Crippen molar-refractivity contribution in [2.45, 2.75) is 13.7 Å². The molecule has 0 unspecified atom stereocenters. The number of carboxylic acid groups (broad SMARTS) is 1. The second-order valence-corrected chi connectivity index (χ2v) is 4.00. The third kappa shape index (κ3) is 2.91. The van der Waals surface area contributed by atoms with Crippen LogP contribution < -0.4 is 4.74 Å². The topological polar surface area (TPSA) is 107 Å². The number of nitrogens with zero attached hydrogens (tertiary/aromatic N) is 3. The van der Waals surface area contributed by atoms with Crippen molar-refractivity contribution in [3.8, 4) is 5.75 Å². The summed E-state index contributed by atoms with van der Waals surface area (Å²) in [6.07, 6.45) is 0. The van der Waals surface area contributed by atoms with Gasteiger partial charge in [0.1, 0.15) is 5.75 Å². The summed E-state index contributed by atoms with van der Waals surface area (Å²) in [7, 11) is 0. The molecule has 8 nitrogen and oxygen atoms in total. The van der Waals surface area contributed by atoms with Gasteiger partial charge in [-0.25, -0.2) is 4.79 Å². The Labute approximate surface area is 113 Å². The van der Waals surface area contributed by atoms with Crippen LogP contribution in [0.3, 0.4) is 0 Å². The highest BCUT2D eigenvalue weighted by molar-refractivity contribution is 5.87. The lowest BCUT2D eigenvalue weighted by Gasteiger charge is -2.05. The molecule has 2 rings (SSSR count). The van der Waals surface area contributed by atoms with Crippen molar-refractivity contribution in [2.24, 2.45) is 0 Å². The van der Waals surface area contributed by atoms with Gasteiger partial charge in [0.2, 0.25) is 6.73 Å². The lowest BCUT2D eigenvalue weighted by atomic mass is 10.2. The number of rotatable bonds is 5. The molecule has 8 heteroatoms. The van der Waals surface area contributed by atoms with Gasteiger partial charge in [-0.05, 0) is 36.1 Å². The Balaban J connectivity index is 2.05. The highest BCUT2D eigenvalue weighted by Crippen LogP contribution is 2.15. The van der Waals surface area contributed by atoms with E-state index in [0.29, 0.717) is 11.4 Å². The number of benzene rings is 1. The average molecular weight is 277 g/mol. The number of aromatic nitrogens is 2. The molecule has 2 aromatic rings. The monoisotopic (exact) mass is 277 g/mol. The SMILES string of the molecule is Cc1cc([N+](=O)[O-])nn1COc1ccc(C(=O)O)cc1. The molecule has 1 heterocycles. The van der Waals surface area contributed by atoms with Crippen LogP contribution in [0.15, 0.2) is 30.3 Å². The molecular formula is C12H11N3O5. The normalized spacial score (nSPS) is 10.2. The third-order valence-electron chi connectivity index (χ3n) is 2.61. The molecule has 1 N–H and O–H groups in total. The number of carboxylic acids is 1. The van der Waals surface area contributed by atoms with Gasteiger partial charge in [0, 0.05) is 0 Å². The van der Waals surface area contributed by atoms with Crippen molar-refractivity contribution < 1.29 is 19.6 Å². The van der Waals surface area contributed by atoms with Gasteiger partial charge < -0.3 is 20.0 Å². The molecule has 0 fully saturated rings. The van der Waals surface area contributed by atoms with Crippen LogP contribution in [0.2, 0.25) is 0 Å². The van der Waals surface area contributed by atoms with E-state index >= 15 is 0 Å². The van der Waals surface area contributed by atoms with E-state index in [1.165, 1.54) is 35.0 Å². The van der Waals surface area contributed by atoms with Crippen LogP contribution in [0, 0.1) is 17.0 Å². The molecule has 1 aromatic carbocycles. The first-order chi connectivity index (χ1) is 9.47. The molecule has 0 aliphatic rings. The molecule has 0 saturated heterocycles. The van der Waals surface area contributed by atoms with Crippen molar-refractivity contribution >= 4 is 11.8 Å². The van der Waals surface area contributed by atoms with Gasteiger partial charge in [-0.3, -0.25) is 0 Å². The maximum absolute atomic E-state index is 10.7. The molecule has 104 valence electrons. The molecule has 0 bridgehead atoms. The Hall–Kier alpha value is -2.90. The van der Waals surface area contributed by atoms with E-state index in [1.807, 2.05) is 0 Å². The van der Waals surface area contributed by atoms with Gasteiger partial charge in [0.25, 0.3) is 0 Å². The van der Waals surface area contributed by atoms with Gasteiger partial charge in [0.05, 0.1) is 22.4 Å². The standard InChI is InChI=1S/C12H11N3O5/c1-8-6-11(15(18)19)13-14(8)7-20-10-4-2-9(3-5-10)12(16)17/h2-6H,7H2,1H3,(H,16,17). The molecule has 0 amide bonds. The van der Waals surface area contributed by atoms with Gasteiger partial charge in [-0.1, -0.05) is 0 Å². The number of hydrogen-bond acceptors (Lipinski definition) is 5. The fraction of sp³-hybridized carbons (Fsp3) is 0.167. The summed E-state index contributed by atoms with van der Waals surface area (Å²) >= 11 is 0. The Kier molecular flexibility index (Phi) is 3.65. The summed E-state index contributed by atoms with van der Waals surface area (Å²) in [5.74, 6) is -0.810. The summed E-state index contributed by atoms with van der Waals surface area (Å²) in [4.78, 5) is 20.7. The van der Waals surface area contributed by atoms with Crippen LogP contribution in [0.25, 0.3) is 0 Å². The number of ether oxygens (including phenoxy) is 1. The first-order valence-corrected chi connectivity index (χ1v) is 5.62. The fourth-order valence-corrected chi connectivity index (χ4v) is 1.54. The second kappa shape index (κ2) is 5.39. The highest BCUT2D eigenvalue weighted by Gasteiger charge is 2.15. The highest BCUT2D eigenvalue weighted by atomic mass is 16.6. The Morgan fingerprint density at radius 1 is 1.45 bits per heavy atom. The molecule has 20 heavy (non-hydrogen) atoms. The Morgan fingerprint density at radius 3 is 2.60 bits per heavy atom. The molecule has 0 saturated carbocycles. The Morgan fingerprint density at radius 2 is 2.10 bits per heavy atom. The van der Waals surface area contributed by atoms with Crippen molar-refractivity contribution in [1.29, 1.82) is 0 Å². The minimum Gasteiger partial charge on any atom is -0.478 e. The van der Waals surface area contributed by atoms with Crippen LogP contribution in [0.5, 0.6) is 5.75 Å². The minimum absolute atomic E-state index is 0.00604. The summed E-state index contributed by atoms with van der Waals surface area (Å²) in [5.41, 5.74) is 0.752. The first-order valence-electron chi connectivity index (χ1n) is 5.62. The third-order valence-corrected chi connectivity index (χ3v) is 2.61. The summed E-state index contributed by atoms with van der Waals surface area (Å²) in [6.45, 7) is 1.68. The number of hydrogen-bond donors (Lipinski definition) is 1. The Bertz CT molecular complexity index is 648. The molecule has 0 aliphatic heterocycles. The first kappa shape index (κ1) is 13.5. The van der Waals surface area contributed by atoms with E-state index < -0.39 is 10.9 Å². The van der Waals surface area contributed by atoms with E-state index in [0.717, 1.165) is 0 Å². The predicted molar refractivity (Wildman–Crippen MR) is 67.6 cm³/mol. The molecular weight excluding hydrogens is 266 g/mol. The molecule has 0 radical (unpaired) electrons. The number of nitro groups is 1. The largest absolute Gasteiger partial charge is 0.478 e. The van der Waals surface area contributed by atoms with Crippen LogP contribution >= 0.6 is 0 Å². The van der Waals surface area contributed by atoms with Crippen LogP contribution in [0.4, 0.5) is 5.82 Å². The molecule has 0 spiro atoms. The van der Waals surface area contributed by atoms with E-state index in [-0.39, 0.29) is 18.1 Å². The van der Waals surface area contributed by atoms with Crippen molar-refractivity contribution in [1.82, 2.24) is 9.78 Å². The average Bonchev–Trinajstić information content (AvgIpc) is 2.78. The van der Waals surface area contributed by atoms with Crippen molar-refractivity contribution in [3.63, 3.8) is 0 Å². The van der Waals surface area contributed by atoms with E-state index in [4.69, 9.17) is 9.84 Å². The molecule has 1 aromatic heterocycles. The number of aryl methyl sites for hydroxylation is 1. The minimum atomic E-state index is -1.02. The quantitative estimate of drug-likeness (QED) is 0.659. The van der Waals surface area contributed by atoms with Gasteiger partial charge in [0.15, 0.2) is 0 Å². The molecule has 0 atom stereocenters. The summed E-state index contributed by atoms with van der Waals surface area (Å²) < 4.78 is 6.74. The zero-order valence-corrected chi connectivity index (χ0v) is 10.5. The number of carbonyl (C=O) groups is 1. The van der Waals surface area contributed by atoms with Crippen molar-refractivity contribution in [2.75, 3.05) is 0 Å².